The first-order valence-corrected chi connectivity index (χ1v) is 8.87. The molecule has 1 aliphatic rings. The van der Waals surface area contributed by atoms with Crippen LogP contribution in [0.15, 0.2) is 42.5 Å². The maximum Gasteiger partial charge on any atom is 0.337 e. The van der Waals surface area contributed by atoms with Crippen LogP contribution in [-0.4, -0.2) is 17.0 Å². The largest absolute Gasteiger partial charge is 0.478 e. The van der Waals surface area contributed by atoms with Gasteiger partial charge in [-0.3, -0.25) is 4.79 Å². The van der Waals surface area contributed by atoms with Gasteiger partial charge in [-0.15, -0.1) is 0 Å². The summed E-state index contributed by atoms with van der Waals surface area (Å²) in [6.07, 6.45) is 4.97. The van der Waals surface area contributed by atoms with Crippen molar-refractivity contribution in [1.82, 2.24) is 0 Å². The summed E-state index contributed by atoms with van der Waals surface area (Å²) in [5.74, 6) is -1.21. The summed E-state index contributed by atoms with van der Waals surface area (Å²) >= 11 is 6.24. The molecule has 1 aliphatic carbocycles. The molecule has 1 saturated carbocycles. The Labute approximate surface area is 151 Å². The normalized spacial score (nSPS) is 14.9. The number of carbonyl (C=O) groups is 2. The minimum atomic E-state index is -1.07. The SMILES string of the molecule is O=C(O)c1ccc(-c2ccccc2Cl)cc1NC(=O)C1CCCCC1. The Morgan fingerprint density at radius 2 is 1.76 bits per heavy atom. The Morgan fingerprint density at radius 3 is 2.44 bits per heavy atom. The number of rotatable bonds is 4. The highest BCUT2D eigenvalue weighted by atomic mass is 35.5. The molecule has 2 aromatic rings. The molecule has 1 fully saturated rings. The first kappa shape index (κ1) is 17.5. The van der Waals surface area contributed by atoms with Crippen molar-refractivity contribution >= 4 is 29.2 Å². The first-order valence-electron chi connectivity index (χ1n) is 8.49. The van der Waals surface area contributed by atoms with Crippen molar-refractivity contribution in [2.24, 2.45) is 5.92 Å². The minimum absolute atomic E-state index is 0.0423. The van der Waals surface area contributed by atoms with Gasteiger partial charge in [0.2, 0.25) is 5.91 Å². The van der Waals surface area contributed by atoms with Crippen LogP contribution in [0.25, 0.3) is 11.1 Å². The van der Waals surface area contributed by atoms with Crippen LogP contribution in [-0.2, 0) is 4.79 Å². The molecule has 0 aliphatic heterocycles. The van der Waals surface area contributed by atoms with Gasteiger partial charge in [0.25, 0.3) is 0 Å². The zero-order chi connectivity index (χ0) is 17.8. The molecule has 2 aromatic carbocycles. The van der Waals surface area contributed by atoms with Crippen LogP contribution in [0.3, 0.4) is 0 Å². The van der Waals surface area contributed by atoms with Gasteiger partial charge in [-0.1, -0.05) is 55.1 Å². The second-order valence-corrected chi connectivity index (χ2v) is 6.78. The predicted molar refractivity (Wildman–Crippen MR) is 99.1 cm³/mol. The fourth-order valence-corrected chi connectivity index (χ4v) is 3.54. The Morgan fingerprint density at radius 1 is 1.04 bits per heavy atom. The second kappa shape index (κ2) is 7.70. The number of carboxylic acid groups (broad SMARTS) is 1. The molecular weight excluding hydrogens is 338 g/mol. The van der Waals surface area contributed by atoms with E-state index in [9.17, 15) is 14.7 Å². The molecule has 0 spiro atoms. The fraction of sp³-hybridized carbons (Fsp3) is 0.300. The molecule has 0 radical (unpaired) electrons. The van der Waals surface area contributed by atoms with E-state index in [1.165, 1.54) is 6.07 Å². The number of halogens is 1. The van der Waals surface area contributed by atoms with Crippen LogP contribution in [0.1, 0.15) is 42.5 Å². The van der Waals surface area contributed by atoms with E-state index in [0.29, 0.717) is 10.7 Å². The van der Waals surface area contributed by atoms with E-state index in [1.54, 1.807) is 18.2 Å². The lowest BCUT2D eigenvalue weighted by atomic mass is 9.88. The number of benzene rings is 2. The zero-order valence-corrected chi connectivity index (χ0v) is 14.6. The van der Waals surface area contributed by atoms with Crippen LogP contribution >= 0.6 is 11.6 Å². The monoisotopic (exact) mass is 357 g/mol. The van der Waals surface area contributed by atoms with Gasteiger partial charge >= 0.3 is 5.97 Å². The van der Waals surface area contributed by atoms with Crippen LogP contribution in [0.5, 0.6) is 0 Å². The number of anilines is 1. The van der Waals surface area contributed by atoms with E-state index in [4.69, 9.17) is 11.6 Å². The third-order valence-corrected chi connectivity index (χ3v) is 5.00. The first-order chi connectivity index (χ1) is 12.1. The molecular formula is C20H20ClNO3. The highest BCUT2D eigenvalue weighted by Gasteiger charge is 2.23. The van der Waals surface area contributed by atoms with Gasteiger partial charge in [-0.05, 0) is 36.6 Å². The summed E-state index contributed by atoms with van der Waals surface area (Å²) in [4.78, 5) is 24.0. The number of carboxylic acids is 1. The lowest BCUT2D eigenvalue weighted by molar-refractivity contribution is -0.120. The van der Waals surface area contributed by atoms with Gasteiger partial charge in [0.1, 0.15) is 0 Å². The minimum Gasteiger partial charge on any atom is -0.478 e. The lowest BCUT2D eigenvalue weighted by Crippen LogP contribution is -2.25. The van der Waals surface area contributed by atoms with E-state index in [0.717, 1.165) is 43.2 Å². The number of nitrogens with one attached hydrogen (secondary N) is 1. The Balaban J connectivity index is 1.92. The van der Waals surface area contributed by atoms with Gasteiger partial charge in [0, 0.05) is 16.5 Å². The molecule has 0 aromatic heterocycles. The number of hydrogen-bond acceptors (Lipinski definition) is 2. The molecule has 25 heavy (non-hydrogen) atoms. The maximum atomic E-state index is 12.5. The average molecular weight is 358 g/mol. The molecule has 0 saturated heterocycles. The summed E-state index contributed by atoms with van der Waals surface area (Å²) in [5.41, 5.74) is 1.98. The van der Waals surface area contributed by atoms with Gasteiger partial charge in [-0.25, -0.2) is 4.79 Å². The van der Waals surface area contributed by atoms with Crippen molar-refractivity contribution in [3.8, 4) is 11.1 Å². The quantitative estimate of drug-likeness (QED) is 0.787. The van der Waals surface area contributed by atoms with Crippen molar-refractivity contribution in [3.05, 3.63) is 53.1 Å². The summed E-state index contributed by atoms with van der Waals surface area (Å²) in [5, 5.41) is 12.8. The standard InChI is InChI=1S/C20H20ClNO3/c21-17-9-5-4-8-15(17)14-10-11-16(20(24)25)18(12-14)22-19(23)13-6-2-1-3-7-13/h4-5,8-13H,1-3,6-7H2,(H,22,23)(H,24,25). The van der Waals surface area contributed by atoms with E-state index in [-0.39, 0.29) is 17.4 Å². The van der Waals surface area contributed by atoms with Crippen molar-refractivity contribution in [1.29, 1.82) is 0 Å². The molecule has 0 atom stereocenters. The van der Waals surface area contributed by atoms with Crippen molar-refractivity contribution in [3.63, 3.8) is 0 Å². The molecule has 0 unspecified atom stereocenters. The number of amides is 1. The molecule has 130 valence electrons. The average Bonchev–Trinajstić information content (AvgIpc) is 2.62. The highest BCUT2D eigenvalue weighted by Crippen LogP contribution is 2.32. The molecule has 1 amide bonds. The fourth-order valence-electron chi connectivity index (χ4n) is 3.30. The smallest absolute Gasteiger partial charge is 0.337 e. The van der Waals surface area contributed by atoms with Crippen LogP contribution in [0.4, 0.5) is 5.69 Å². The summed E-state index contributed by atoms with van der Waals surface area (Å²) in [6.45, 7) is 0. The zero-order valence-electron chi connectivity index (χ0n) is 13.8. The Bertz CT molecular complexity index is 797. The summed E-state index contributed by atoms with van der Waals surface area (Å²) in [6, 6.07) is 12.3. The van der Waals surface area contributed by atoms with Gasteiger partial charge in [0.05, 0.1) is 11.3 Å². The maximum absolute atomic E-state index is 12.5. The van der Waals surface area contributed by atoms with E-state index < -0.39 is 5.97 Å². The van der Waals surface area contributed by atoms with Crippen LogP contribution in [0.2, 0.25) is 5.02 Å². The number of aromatic carboxylic acids is 1. The highest BCUT2D eigenvalue weighted by molar-refractivity contribution is 6.33. The molecule has 4 nitrogen and oxygen atoms in total. The molecule has 3 rings (SSSR count). The van der Waals surface area contributed by atoms with Gasteiger partial charge < -0.3 is 10.4 Å². The van der Waals surface area contributed by atoms with Crippen molar-refractivity contribution in [2.75, 3.05) is 5.32 Å². The lowest BCUT2D eigenvalue weighted by Gasteiger charge is -2.21. The predicted octanol–water partition coefficient (Wildman–Crippen LogP) is 5.22. The third kappa shape index (κ3) is 4.02. The second-order valence-electron chi connectivity index (χ2n) is 6.37. The summed E-state index contributed by atoms with van der Waals surface area (Å²) < 4.78 is 0. The van der Waals surface area contributed by atoms with Crippen molar-refractivity contribution in [2.45, 2.75) is 32.1 Å². The third-order valence-electron chi connectivity index (χ3n) is 4.67. The molecule has 0 bridgehead atoms. The van der Waals surface area contributed by atoms with Gasteiger partial charge in [0.15, 0.2) is 0 Å². The Hall–Kier alpha value is -2.33. The number of carbonyl (C=O) groups excluding carboxylic acids is 1. The van der Waals surface area contributed by atoms with E-state index >= 15 is 0 Å². The summed E-state index contributed by atoms with van der Waals surface area (Å²) in [7, 11) is 0. The van der Waals surface area contributed by atoms with Crippen molar-refractivity contribution < 1.29 is 14.7 Å². The Kier molecular flexibility index (Phi) is 5.39. The topological polar surface area (TPSA) is 66.4 Å². The van der Waals surface area contributed by atoms with E-state index in [2.05, 4.69) is 5.32 Å². The van der Waals surface area contributed by atoms with E-state index in [1.807, 2.05) is 18.2 Å². The number of hydrogen-bond donors (Lipinski definition) is 2. The molecule has 5 heteroatoms. The van der Waals surface area contributed by atoms with Gasteiger partial charge in [-0.2, -0.15) is 0 Å². The molecule has 2 N–H and O–H groups in total. The molecule has 0 heterocycles. The van der Waals surface area contributed by atoms with Crippen LogP contribution in [0, 0.1) is 5.92 Å². The van der Waals surface area contributed by atoms with Crippen LogP contribution < -0.4 is 5.32 Å².